The monoisotopic (exact) mass is 523 g/mol. The molecular formula is C23H33N5O5S2. The minimum atomic E-state index is -3.77. The van der Waals surface area contributed by atoms with Crippen LogP contribution in [0, 0.1) is 5.92 Å². The number of nitrogens with two attached hydrogens (primary N) is 1. The molecule has 12 heteroatoms. The van der Waals surface area contributed by atoms with Crippen LogP contribution < -0.4 is 20.5 Å². The molecule has 0 radical (unpaired) electrons. The van der Waals surface area contributed by atoms with Gasteiger partial charge in [-0.25, -0.2) is 19.6 Å². The van der Waals surface area contributed by atoms with E-state index in [9.17, 15) is 18.0 Å². The van der Waals surface area contributed by atoms with Crippen molar-refractivity contribution in [1.29, 1.82) is 0 Å². The molecule has 10 nitrogen and oxygen atoms in total. The van der Waals surface area contributed by atoms with E-state index < -0.39 is 28.3 Å². The van der Waals surface area contributed by atoms with Crippen LogP contribution in [0.5, 0.6) is 0 Å². The first-order chi connectivity index (χ1) is 16.8. The van der Waals surface area contributed by atoms with Crippen LogP contribution in [0.4, 0.5) is 9.93 Å². The lowest BCUT2D eigenvalue weighted by molar-refractivity contribution is -0.118. The number of hydrogen-bond acceptors (Lipinski definition) is 7. The highest BCUT2D eigenvalue weighted by Gasteiger charge is 2.23. The summed E-state index contributed by atoms with van der Waals surface area (Å²) in [4.78, 5) is 29.9. The first-order valence-corrected chi connectivity index (χ1v) is 14.3. The summed E-state index contributed by atoms with van der Waals surface area (Å²) >= 11 is 1.30. The van der Waals surface area contributed by atoms with Crippen LogP contribution in [0.3, 0.4) is 0 Å². The maximum Gasteiger partial charge on any atom is 0.407 e. The summed E-state index contributed by atoms with van der Waals surface area (Å²) < 4.78 is 29.6. The van der Waals surface area contributed by atoms with Crippen molar-refractivity contribution in [2.75, 3.05) is 18.5 Å². The molecule has 1 atom stereocenters. The van der Waals surface area contributed by atoms with Crippen molar-refractivity contribution in [2.45, 2.75) is 57.4 Å². The molecule has 5 N–H and O–H groups in total. The summed E-state index contributed by atoms with van der Waals surface area (Å²) in [6, 6.07) is 8.76. The summed E-state index contributed by atoms with van der Waals surface area (Å²) in [6.07, 6.45) is 6.19. The molecule has 1 aromatic carbocycles. The molecule has 0 saturated heterocycles. The molecule has 2 aromatic rings. The fourth-order valence-corrected chi connectivity index (χ4v) is 5.10. The van der Waals surface area contributed by atoms with Gasteiger partial charge in [-0.2, -0.15) is 8.42 Å². The quantitative estimate of drug-likeness (QED) is 0.313. The van der Waals surface area contributed by atoms with Crippen LogP contribution in [-0.4, -0.2) is 44.6 Å². The van der Waals surface area contributed by atoms with Gasteiger partial charge in [-0.15, -0.1) is 11.3 Å². The number of amides is 2. The number of anilines is 1. The number of thiazole rings is 1. The highest BCUT2D eigenvalue weighted by atomic mass is 32.2. The molecule has 1 fully saturated rings. The predicted octanol–water partition coefficient (Wildman–Crippen LogP) is 3.39. The Labute approximate surface area is 210 Å². The Morgan fingerprint density at radius 1 is 1.14 bits per heavy atom. The van der Waals surface area contributed by atoms with Gasteiger partial charge >= 0.3 is 6.09 Å². The third-order valence-electron chi connectivity index (χ3n) is 5.81. The molecule has 1 aliphatic rings. The van der Waals surface area contributed by atoms with Gasteiger partial charge in [-0.1, -0.05) is 49.6 Å². The Balaban J connectivity index is 1.55. The maximum absolute atomic E-state index is 13.0. The van der Waals surface area contributed by atoms with Crippen molar-refractivity contribution in [3.05, 3.63) is 35.7 Å². The minimum absolute atomic E-state index is 0.145. The largest absolute Gasteiger partial charge is 0.449 e. The van der Waals surface area contributed by atoms with Gasteiger partial charge in [0.2, 0.25) is 5.91 Å². The van der Waals surface area contributed by atoms with E-state index in [4.69, 9.17) is 9.88 Å². The summed E-state index contributed by atoms with van der Waals surface area (Å²) in [7, 11) is -3.77. The van der Waals surface area contributed by atoms with Crippen molar-refractivity contribution in [3.8, 4) is 11.3 Å². The number of nitrogens with one attached hydrogen (secondary N) is 3. The normalized spacial score (nSPS) is 15.3. The molecule has 1 saturated carbocycles. The first-order valence-electron chi connectivity index (χ1n) is 11.8. The lowest BCUT2D eigenvalue weighted by Crippen LogP contribution is -2.44. The number of carbonyl (C=O) groups is 2. The predicted molar refractivity (Wildman–Crippen MR) is 136 cm³/mol. The molecule has 0 spiro atoms. The zero-order valence-corrected chi connectivity index (χ0v) is 21.2. The Hall–Kier alpha value is -2.54. The lowest BCUT2D eigenvalue weighted by atomic mass is 9.90. The van der Waals surface area contributed by atoms with Gasteiger partial charge in [0.25, 0.3) is 10.2 Å². The second-order valence-corrected chi connectivity index (χ2v) is 10.9. The van der Waals surface area contributed by atoms with Crippen molar-refractivity contribution in [2.24, 2.45) is 11.1 Å². The van der Waals surface area contributed by atoms with Gasteiger partial charge in [-0.3, -0.25) is 4.79 Å². The summed E-state index contributed by atoms with van der Waals surface area (Å²) in [5.41, 5.74) is 1.68. The minimum Gasteiger partial charge on any atom is -0.449 e. The average Bonchev–Trinajstić information content (AvgIpc) is 3.31. The molecule has 1 aromatic heterocycles. The molecule has 35 heavy (non-hydrogen) atoms. The zero-order chi connectivity index (χ0) is 25.1. The average molecular weight is 524 g/mol. The molecule has 0 aliphatic heterocycles. The number of ether oxygens (including phenoxy) is 1. The van der Waals surface area contributed by atoms with Gasteiger partial charge in [0, 0.05) is 17.5 Å². The molecule has 3 rings (SSSR count). The molecule has 2 amide bonds. The highest BCUT2D eigenvalue weighted by Crippen LogP contribution is 2.25. The van der Waals surface area contributed by atoms with Gasteiger partial charge < -0.3 is 15.4 Å². The molecule has 1 aliphatic carbocycles. The molecular weight excluding hydrogens is 490 g/mol. The third kappa shape index (κ3) is 9.92. The second kappa shape index (κ2) is 13.5. The van der Waals surface area contributed by atoms with Crippen molar-refractivity contribution >= 4 is 38.7 Å². The number of rotatable bonds is 12. The second-order valence-electron chi connectivity index (χ2n) is 8.63. The van der Waals surface area contributed by atoms with Crippen LogP contribution in [-0.2, 0) is 19.7 Å². The Morgan fingerprint density at radius 3 is 2.60 bits per heavy atom. The van der Waals surface area contributed by atoms with E-state index in [2.05, 4.69) is 20.3 Å². The zero-order valence-electron chi connectivity index (χ0n) is 19.6. The van der Waals surface area contributed by atoms with E-state index in [1.54, 1.807) is 0 Å². The van der Waals surface area contributed by atoms with Crippen LogP contribution in [0.25, 0.3) is 11.3 Å². The smallest absolute Gasteiger partial charge is 0.407 e. The van der Waals surface area contributed by atoms with E-state index in [1.807, 2.05) is 35.7 Å². The van der Waals surface area contributed by atoms with Crippen LogP contribution in [0.15, 0.2) is 35.7 Å². The van der Waals surface area contributed by atoms with E-state index in [0.717, 1.165) is 36.9 Å². The van der Waals surface area contributed by atoms with E-state index >= 15 is 0 Å². The number of hydrogen-bond donors (Lipinski definition) is 4. The van der Waals surface area contributed by atoms with Gasteiger partial charge in [0.1, 0.15) is 6.04 Å². The van der Waals surface area contributed by atoms with Gasteiger partial charge in [0.15, 0.2) is 5.13 Å². The number of benzene rings is 1. The standard InChI is InChI=1S/C23H33N5O5S2/c24-35(31,32)25-14-8-7-13-19(27-23(30)33-15-17-9-3-1-4-10-17)21(29)28-22-26-20(16-34-22)18-11-5-2-6-12-18/h2,5-6,11-12,16-17,19,25H,1,3-4,7-10,13-15H2,(H,27,30)(H2,24,31,32)(H,26,28,29)/t19-/m0/s1. The van der Waals surface area contributed by atoms with Gasteiger partial charge in [0.05, 0.1) is 12.3 Å². The van der Waals surface area contributed by atoms with Gasteiger partial charge in [-0.05, 0) is 38.0 Å². The van der Waals surface area contributed by atoms with Crippen LogP contribution in [0.2, 0.25) is 0 Å². The van der Waals surface area contributed by atoms with Crippen molar-refractivity contribution < 1.29 is 22.7 Å². The Morgan fingerprint density at radius 2 is 1.89 bits per heavy atom. The Kier molecular flexibility index (Phi) is 10.5. The van der Waals surface area contributed by atoms with Crippen molar-refractivity contribution in [3.63, 3.8) is 0 Å². The van der Waals surface area contributed by atoms with Crippen molar-refractivity contribution in [1.82, 2.24) is 15.0 Å². The topological polar surface area (TPSA) is 153 Å². The fraction of sp³-hybridized carbons (Fsp3) is 0.522. The fourth-order valence-electron chi connectivity index (χ4n) is 3.95. The SMILES string of the molecule is NS(=O)(=O)NCCCC[C@H](NC(=O)OCC1CCCCC1)C(=O)Nc1nc(-c2ccccc2)cs1. The number of carbonyl (C=O) groups excluding carboxylic acids is 2. The molecule has 192 valence electrons. The number of aromatic nitrogens is 1. The first kappa shape index (κ1) is 27.1. The maximum atomic E-state index is 13.0. The highest BCUT2D eigenvalue weighted by molar-refractivity contribution is 7.87. The molecule has 0 bridgehead atoms. The van der Waals surface area contributed by atoms with E-state index in [-0.39, 0.29) is 6.54 Å². The third-order valence-corrected chi connectivity index (χ3v) is 7.17. The molecule has 1 heterocycles. The number of unbranched alkanes of at least 4 members (excludes halogenated alkanes) is 1. The molecule has 0 unspecified atom stereocenters. The van der Waals surface area contributed by atoms with Crippen LogP contribution >= 0.6 is 11.3 Å². The number of alkyl carbamates (subject to hydrolysis) is 1. The summed E-state index contributed by atoms with van der Waals surface area (Å²) in [5, 5.41) is 12.6. The Bertz CT molecular complexity index is 1060. The summed E-state index contributed by atoms with van der Waals surface area (Å²) in [6.45, 7) is 0.484. The van der Waals surface area contributed by atoms with Crippen LogP contribution in [0.1, 0.15) is 51.4 Å². The van der Waals surface area contributed by atoms with E-state index in [1.165, 1.54) is 17.8 Å². The van der Waals surface area contributed by atoms with E-state index in [0.29, 0.717) is 36.9 Å². The summed E-state index contributed by atoms with van der Waals surface area (Å²) in [5.74, 6) is -0.0502. The lowest BCUT2D eigenvalue weighted by Gasteiger charge is -2.22. The number of nitrogens with zero attached hydrogens (tertiary/aromatic N) is 1.